The van der Waals surface area contributed by atoms with Crippen LogP contribution in [-0.2, 0) is 16.1 Å². The van der Waals surface area contributed by atoms with E-state index in [1.165, 1.54) is 18.2 Å². The zero-order valence-corrected chi connectivity index (χ0v) is 14.4. The van der Waals surface area contributed by atoms with E-state index in [0.29, 0.717) is 12.2 Å². The van der Waals surface area contributed by atoms with Crippen LogP contribution in [0.25, 0.3) is 0 Å². The van der Waals surface area contributed by atoms with E-state index in [1.54, 1.807) is 20.0 Å². The van der Waals surface area contributed by atoms with Crippen LogP contribution in [0.1, 0.15) is 12.5 Å². The number of nitrogens with one attached hydrogen (secondary N) is 3. The van der Waals surface area contributed by atoms with Gasteiger partial charge in [0.05, 0.1) is 7.05 Å². The molecule has 0 spiro atoms. The largest absolute Gasteiger partial charge is 0.347 e. The molecule has 0 aliphatic carbocycles. The fourth-order valence-electron chi connectivity index (χ4n) is 2.34. The topological polar surface area (TPSA) is 62.6 Å². The van der Waals surface area contributed by atoms with Crippen LogP contribution in [0, 0.1) is 5.82 Å². The highest BCUT2D eigenvalue weighted by Gasteiger charge is 2.23. The SMILES string of the molecule is C[C@@H](C(=O)NCc1ccccc1)[NH+](C)CC(=O)Nc1cccc(F)c1. The van der Waals surface area contributed by atoms with Crippen molar-refractivity contribution in [2.75, 3.05) is 18.9 Å². The van der Waals surface area contributed by atoms with Gasteiger partial charge in [-0.25, -0.2) is 4.39 Å². The maximum Gasteiger partial charge on any atom is 0.279 e. The van der Waals surface area contributed by atoms with Gasteiger partial charge in [0.2, 0.25) is 0 Å². The number of quaternary nitrogens is 1. The fourth-order valence-corrected chi connectivity index (χ4v) is 2.34. The molecule has 5 nitrogen and oxygen atoms in total. The van der Waals surface area contributed by atoms with Crippen LogP contribution in [0.5, 0.6) is 0 Å². The molecule has 0 aliphatic rings. The second kappa shape index (κ2) is 8.94. The van der Waals surface area contributed by atoms with Crippen molar-refractivity contribution in [1.29, 1.82) is 0 Å². The molecule has 0 radical (unpaired) electrons. The molecule has 2 amide bonds. The van der Waals surface area contributed by atoms with E-state index in [1.807, 2.05) is 30.3 Å². The summed E-state index contributed by atoms with van der Waals surface area (Å²) in [6.45, 7) is 2.33. The van der Waals surface area contributed by atoms with Crippen LogP contribution in [0.2, 0.25) is 0 Å². The average molecular weight is 344 g/mol. The van der Waals surface area contributed by atoms with E-state index in [-0.39, 0.29) is 24.4 Å². The van der Waals surface area contributed by atoms with Crippen molar-refractivity contribution >= 4 is 17.5 Å². The Balaban J connectivity index is 1.81. The smallest absolute Gasteiger partial charge is 0.279 e. The highest BCUT2D eigenvalue weighted by molar-refractivity contribution is 5.91. The van der Waals surface area contributed by atoms with Crippen LogP contribution in [0.15, 0.2) is 54.6 Å². The molecule has 25 heavy (non-hydrogen) atoms. The number of benzene rings is 2. The molecule has 0 saturated carbocycles. The first kappa shape index (κ1) is 18.6. The zero-order valence-electron chi connectivity index (χ0n) is 14.4. The molecule has 6 heteroatoms. The van der Waals surface area contributed by atoms with Crippen LogP contribution >= 0.6 is 0 Å². The van der Waals surface area contributed by atoms with E-state index in [4.69, 9.17) is 0 Å². The number of likely N-dealkylation sites (N-methyl/N-ethyl adjacent to an activating group) is 1. The Morgan fingerprint density at radius 2 is 1.84 bits per heavy atom. The number of halogens is 1. The molecule has 2 rings (SSSR count). The second-order valence-electron chi connectivity index (χ2n) is 6.01. The molecular weight excluding hydrogens is 321 g/mol. The normalized spacial score (nSPS) is 12.9. The lowest BCUT2D eigenvalue weighted by Gasteiger charge is -2.20. The van der Waals surface area contributed by atoms with Crippen LogP contribution in [0.3, 0.4) is 0 Å². The summed E-state index contributed by atoms with van der Waals surface area (Å²) in [6.07, 6.45) is 0. The molecule has 1 unspecified atom stereocenters. The molecule has 0 bridgehead atoms. The van der Waals surface area contributed by atoms with E-state index in [2.05, 4.69) is 10.6 Å². The molecule has 0 heterocycles. The summed E-state index contributed by atoms with van der Waals surface area (Å²) in [5, 5.41) is 5.50. The summed E-state index contributed by atoms with van der Waals surface area (Å²) in [5.74, 6) is -0.808. The van der Waals surface area contributed by atoms with Gasteiger partial charge in [-0.1, -0.05) is 36.4 Å². The first-order valence-electron chi connectivity index (χ1n) is 8.15. The predicted molar refractivity (Wildman–Crippen MR) is 94.5 cm³/mol. The molecular formula is C19H23FN3O2+. The van der Waals surface area contributed by atoms with Gasteiger partial charge in [0.25, 0.3) is 11.8 Å². The average Bonchev–Trinajstić information content (AvgIpc) is 2.59. The number of amides is 2. The maximum atomic E-state index is 13.1. The summed E-state index contributed by atoms with van der Waals surface area (Å²) in [5.41, 5.74) is 1.42. The predicted octanol–water partition coefficient (Wildman–Crippen LogP) is 0.984. The van der Waals surface area contributed by atoms with E-state index in [0.717, 1.165) is 10.5 Å². The number of carbonyl (C=O) groups excluding carboxylic acids is 2. The lowest BCUT2D eigenvalue weighted by molar-refractivity contribution is -0.885. The highest BCUT2D eigenvalue weighted by atomic mass is 19.1. The van der Waals surface area contributed by atoms with Crippen LogP contribution in [0.4, 0.5) is 10.1 Å². The molecule has 0 aliphatic heterocycles. The van der Waals surface area contributed by atoms with Crippen molar-refractivity contribution < 1.29 is 18.9 Å². The molecule has 0 aromatic heterocycles. The van der Waals surface area contributed by atoms with Gasteiger partial charge in [-0.05, 0) is 30.7 Å². The first-order valence-corrected chi connectivity index (χ1v) is 8.15. The third-order valence-corrected chi connectivity index (χ3v) is 3.99. The van der Waals surface area contributed by atoms with Crippen molar-refractivity contribution in [1.82, 2.24) is 5.32 Å². The minimum atomic E-state index is -0.410. The Labute approximate surface area is 146 Å². The van der Waals surface area contributed by atoms with Crippen molar-refractivity contribution in [2.24, 2.45) is 0 Å². The Hall–Kier alpha value is -2.73. The number of carbonyl (C=O) groups is 2. The van der Waals surface area contributed by atoms with Crippen molar-refractivity contribution in [3.63, 3.8) is 0 Å². The minimum Gasteiger partial charge on any atom is -0.347 e. The van der Waals surface area contributed by atoms with Gasteiger partial charge in [0, 0.05) is 12.2 Å². The third-order valence-electron chi connectivity index (χ3n) is 3.99. The van der Waals surface area contributed by atoms with Crippen molar-refractivity contribution in [2.45, 2.75) is 19.5 Å². The van der Waals surface area contributed by atoms with Crippen molar-refractivity contribution in [3.8, 4) is 0 Å². The van der Waals surface area contributed by atoms with E-state index >= 15 is 0 Å². The summed E-state index contributed by atoms with van der Waals surface area (Å²) in [6, 6.07) is 15.0. The number of hydrogen-bond donors (Lipinski definition) is 3. The third kappa shape index (κ3) is 6.00. The minimum absolute atomic E-state index is 0.108. The first-order chi connectivity index (χ1) is 12.0. The number of anilines is 1. The Kier molecular flexibility index (Phi) is 6.65. The molecule has 2 atom stereocenters. The fraction of sp³-hybridized carbons (Fsp3) is 0.263. The Morgan fingerprint density at radius 3 is 2.52 bits per heavy atom. The van der Waals surface area contributed by atoms with E-state index < -0.39 is 5.82 Å². The number of hydrogen-bond acceptors (Lipinski definition) is 2. The van der Waals surface area contributed by atoms with Crippen LogP contribution in [-0.4, -0.2) is 31.4 Å². The summed E-state index contributed by atoms with van der Waals surface area (Å²) >= 11 is 0. The molecule has 132 valence electrons. The Morgan fingerprint density at radius 1 is 1.12 bits per heavy atom. The van der Waals surface area contributed by atoms with Crippen LogP contribution < -0.4 is 15.5 Å². The second-order valence-corrected chi connectivity index (χ2v) is 6.01. The monoisotopic (exact) mass is 344 g/mol. The van der Waals surface area contributed by atoms with Gasteiger partial charge in [0.15, 0.2) is 12.6 Å². The molecule has 2 aromatic carbocycles. The lowest BCUT2D eigenvalue weighted by Crippen LogP contribution is -3.15. The summed E-state index contributed by atoms with van der Waals surface area (Å²) in [4.78, 5) is 25.0. The zero-order chi connectivity index (χ0) is 18.2. The highest BCUT2D eigenvalue weighted by Crippen LogP contribution is 2.08. The maximum absolute atomic E-state index is 13.1. The van der Waals surface area contributed by atoms with Gasteiger partial charge in [-0.3, -0.25) is 9.59 Å². The standard InChI is InChI=1S/C19H22FN3O2/c1-14(19(25)21-12-15-7-4-3-5-8-15)23(2)13-18(24)22-17-10-6-9-16(20)11-17/h3-11,14H,12-13H2,1-2H3,(H,21,25)(H,22,24)/p+1/t14-/m0/s1. The molecule has 2 aromatic rings. The summed E-state index contributed by atoms with van der Waals surface area (Å²) < 4.78 is 13.1. The van der Waals surface area contributed by atoms with Gasteiger partial charge in [0.1, 0.15) is 5.82 Å². The van der Waals surface area contributed by atoms with Crippen molar-refractivity contribution in [3.05, 3.63) is 66.0 Å². The lowest BCUT2D eigenvalue weighted by atomic mass is 10.2. The van der Waals surface area contributed by atoms with Gasteiger partial charge >= 0.3 is 0 Å². The van der Waals surface area contributed by atoms with Gasteiger partial charge < -0.3 is 15.5 Å². The van der Waals surface area contributed by atoms with Gasteiger partial charge in [-0.15, -0.1) is 0 Å². The van der Waals surface area contributed by atoms with Gasteiger partial charge in [-0.2, -0.15) is 0 Å². The number of rotatable bonds is 7. The molecule has 0 fully saturated rings. The van der Waals surface area contributed by atoms with E-state index in [9.17, 15) is 14.0 Å². The summed E-state index contributed by atoms with van der Waals surface area (Å²) in [7, 11) is 1.78. The quantitative estimate of drug-likeness (QED) is 0.701. The molecule has 3 N–H and O–H groups in total. The Bertz CT molecular complexity index is 722. The molecule has 0 saturated heterocycles.